The largest absolute Gasteiger partial charge is 0.460 e. The Morgan fingerprint density at radius 1 is 0.811 bits per heavy atom. The third-order valence-electron chi connectivity index (χ3n) is 17.8. The van der Waals surface area contributed by atoms with E-state index in [1.807, 2.05) is 13.8 Å². The van der Waals surface area contributed by atoms with Gasteiger partial charge < -0.3 is 59.7 Å². The summed E-state index contributed by atoms with van der Waals surface area (Å²) < 4.78 is 36.7. The molecule has 2 bridgehead atoms. The molecule has 22 heteroatoms. The lowest BCUT2D eigenvalue weighted by Gasteiger charge is -2.67. The molecule has 22 nitrogen and oxygen atoms in total. The zero-order valence-electron chi connectivity index (χ0n) is 53.0. The van der Waals surface area contributed by atoms with Crippen molar-refractivity contribution < 1.29 is 91.7 Å². The number of carbonyl (C=O) groups is 10. The van der Waals surface area contributed by atoms with Gasteiger partial charge >= 0.3 is 29.8 Å². The van der Waals surface area contributed by atoms with E-state index in [-0.39, 0.29) is 54.1 Å². The van der Waals surface area contributed by atoms with Crippen molar-refractivity contribution in [1.29, 1.82) is 0 Å². The lowest BCUT2D eigenvalue weighted by atomic mass is 9.44. The Labute approximate surface area is 524 Å². The van der Waals surface area contributed by atoms with E-state index in [2.05, 4.69) is 22.5 Å². The molecule has 7 rings (SSSR count). The van der Waals surface area contributed by atoms with E-state index in [1.54, 1.807) is 99.6 Å². The van der Waals surface area contributed by atoms with Crippen LogP contribution in [0.5, 0.6) is 0 Å². The van der Waals surface area contributed by atoms with Gasteiger partial charge in [-0.3, -0.25) is 38.4 Å². The molecule has 0 spiro atoms. The predicted octanol–water partition coefficient (Wildman–Crippen LogP) is 5.36. The van der Waals surface area contributed by atoms with E-state index in [9.17, 15) is 53.7 Å². The molecule has 2 saturated carbocycles. The van der Waals surface area contributed by atoms with Gasteiger partial charge in [0, 0.05) is 49.5 Å². The van der Waals surface area contributed by atoms with E-state index in [0.29, 0.717) is 11.1 Å². The molecule has 3 amide bonds. The minimum Gasteiger partial charge on any atom is -0.460 e. The first-order valence-corrected chi connectivity index (χ1v) is 30.3. The lowest BCUT2D eigenvalue weighted by molar-refractivity contribution is -0.346. The molecular weight excluding hydrogens is 1160 g/mol. The first-order valence-electron chi connectivity index (χ1n) is 30.3. The number of hydrogen-bond donors (Lipinski definition) is 6. The average molecular weight is 1250 g/mol. The fourth-order valence-electron chi connectivity index (χ4n) is 13.2. The quantitative estimate of drug-likeness (QED) is 0.0284. The van der Waals surface area contributed by atoms with Crippen LogP contribution in [-0.2, 0) is 78.0 Å². The number of rotatable bonds is 24. The number of carbonyl (C=O) groups excluding carboxylic acids is 10. The molecule has 486 valence electrons. The Morgan fingerprint density at radius 3 is 1.99 bits per heavy atom. The molecular formula is C68H85N3O19. The Balaban J connectivity index is 1.25. The highest BCUT2D eigenvalue weighted by Gasteiger charge is 2.78. The Bertz CT molecular complexity index is 3250. The van der Waals surface area contributed by atoms with Gasteiger partial charge in [0.15, 0.2) is 17.2 Å². The van der Waals surface area contributed by atoms with E-state index >= 15 is 9.59 Å². The molecule has 3 aromatic carbocycles. The van der Waals surface area contributed by atoms with Crippen LogP contribution < -0.4 is 16.0 Å². The number of esters is 5. The molecule has 1 aliphatic heterocycles. The van der Waals surface area contributed by atoms with Crippen LogP contribution in [0.3, 0.4) is 0 Å². The van der Waals surface area contributed by atoms with Gasteiger partial charge in [0.25, 0.3) is 0 Å². The van der Waals surface area contributed by atoms with Crippen LogP contribution >= 0.6 is 0 Å². The van der Waals surface area contributed by atoms with Crippen molar-refractivity contribution >= 4 is 59.1 Å². The van der Waals surface area contributed by atoms with Crippen LogP contribution in [0.4, 0.5) is 0 Å². The van der Waals surface area contributed by atoms with Crippen molar-refractivity contribution in [1.82, 2.24) is 16.0 Å². The summed E-state index contributed by atoms with van der Waals surface area (Å²) in [7, 11) is 0. The summed E-state index contributed by atoms with van der Waals surface area (Å²) in [5.41, 5.74) is -8.28. The van der Waals surface area contributed by atoms with E-state index in [4.69, 9.17) is 28.4 Å². The SMILES string of the molecule is C=C(C)C(=O)NCC(=O)NC(Cc1ccccc1)C(=O)NC(CC(C)C)C(=O)CCC(=O)O[C@@H](C(=O)OC1C[C@@]2(O)[C@@H](OC(=O)c3ccccc3)[C@H]3[C@](C)(C(=O)[C@H](O)C(=C1C)C2(C)C)[C@@H](O)CC1OC[C@]13OC(C)=O)[C@@H](CC(=O)OC(C)(C)C)c1ccccc1. The van der Waals surface area contributed by atoms with Gasteiger partial charge in [-0.05, 0) is 88.3 Å². The van der Waals surface area contributed by atoms with Gasteiger partial charge in [-0.2, -0.15) is 0 Å². The number of aliphatic hydroxyl groups is 3. The van der Waals surface area contributed by atoms with Gasteiger partial charge in [-0.15, -0.1) is 0 Å². The van der Waals surface area contributed by atoms with Gasteiger partial charge in [0.2, 0.25) is 23.8 Å². The zero-order chi connectivity index (χ0) is 66.4. The smallest absolute Gasteiger partial charge is 0.348 e. The molecule has 0 radical (unpaired) electrons. The van der Waals surface area contributed by atoms with Gasteiger partial charge in [-0.25, -0.2) is 9.59 Å². The van der Waals surface area contributed by atoms with Gasteiger partial charge in [0.05, 0.1) is 55.0 Å². The molecule has 3 aromatic rings. The number of hydrogen-bond acceptors (Lipinski definition) is 19. The summed E-state index contributed by atoms with van der Waals surface area (Å²) in [6, 6.07) is 22.1. The van der Waals surface area contributed by atoms with Crippen molar-refractivity contribution in [2.45, 2.75) is 193 Å². The van der Waals surface area contributed by atoms with E-state index in [1.165, 1.54) is 46.8 Å². The predicted molar refractivity (Wildman–Crippen MR) is 324 cm³/mol. The maximum absolute atomic E-state index is 15.5. The first kappa shape index (κ1) is 69.6. The number of nitrogens with one attached hydrogen (secondary N) is 3. The highest BCUT2D eigenvalue weighted by Crippen LogP contribution is 2.64. The van der Waals surface area contributed by atoms with Gasteiger partial charge in [0.1, 0.15) is 41.7 Å². The second kappa shape index (κ2) is 28.1. The second-order valence-electron chi connectivity index (χ2n) is 26.2. The van der Waals surface area contributed by atoms with E-state index in [0.717, 1.165) is 6.92 Å². The average Bonchev–Trinajstić information content (AvgIpc) is 0.674. The molecule has 0 aromatic heterocycles. The fraction of sp³-hybridized carbons (Fsp3) is 0.529. The van der Waals surface area contributed by atoms with Crippen LogP contribution in [0.1, 0.15) is 142 Å². The Morgan fingerprint density at radius 2 is 1.42 bits per heavy atom. The number of ketones is 2. The lowest BCUT2D eigenvalue weighted by Crippen LogP contribution is -2.81. The maximum atomic E-state index is 15.5. The minimum atomic E-state index is -2.52. The van der Waals surface area contributed by atoms with Crippen LogP contribution in [0, 0.1) is 22.7 Å². The molecule has 4 unspecified atom stereocenters. The molecule has 1 heterocycles. The Kier molecular flexibility index (Phi) is 21.7. The molecule has 1 saturated heterocycles. The zero-order valence-corrected chi connectivity index (χ0v) is 53.0. The summed E-state index contributed by atoms with van der Waals surface area (Å²) in [5.74, 6) is -11.9. The number of fused-ring (bicyclic) bond motifs is 5. The van der Waals surface area contributed by atoms with Crippen molar-refractivity contribution in [3.63, 3.8) is 0 Å². The summed E-state index contributed by atoms with van der Waals surface area (Å²) in [6.45, 7) is 19.6. The summed E-state index contributed by atoms with van der Waals surface area (Å²) >= 11 is 0. The van der Waals surface area contributed by atoms with Crippen LogP contribution in [0.2, 0.25) is 0 Å². The topological polar surface area (TPSA) is 323 Å². The van der Waals surface area contributed by atoms with Crippen LogP contribution in [-0.4, -0.2) is 153 Å². The summed E-state index contributed by atoms with van der Waals surface area (Å²) in [6.07, 6.45) is -13.2. The highest BCUT2D eigenvalue weighted by molar-refractivity contribution is 5.97. The first-order chi connectivity index (χ1) is 42.1. The third kappa shape index (κ3) is 15.1. The number of Topliss-reactive ketones (excluding diaryl/α,β-unsaturated/α-hetero) is 2. The van der Waals surface area contributed by atoms with E-state index < -0.39 is 180 Å². The minimum absolute atomic E-state index is 0.00260. The Hall–Kier alpha value is -7.92. The highest BCUT2D eigenvalue weighted by atomic mass is 16.6. The maximum Gasteiger partial charge on any atom is 0.348 e. The fourth-order valence-corrected chi connectivity index (χ4v) is 13.2. The van der Waals surface area contributed by atoms with Crippen molar-refractivity contribution in [3.05, 3.63) is 131 Å². The van der Waals surface area contributed by atoms with Crippen molar-refractivity contribution in [2.24, 2.45) is 22.7 Å². The molecule has 3 fully saturated rings. The monoisotopic (exact) mass is 1250 g/mol. The molecule has 90 heavy (non-hydrogen) atoms. The third-order valence-corrected chi connectivity index (χ3v) is 17.8. The molecule has 6 N–H and O–H groups in total. The number of benzene rings is 3. The summed E-state index contributed by atoms with van der Waals surface area (Å²) in [5, 5.41) is 46.5. The van der Waals surface area contributed by atoms with Crippen LogP contribution in [0.15, 0.2) is 114 Å². The standard InChI is InChI=1S/C68H85N3O19/c1-37(2)30-45(71-61(81)46(31-41-22-16-13-17-23-41)70-51(75)35-69-60(80)38(3)4)47(73)28-29-52(76)87-56(44(42-24-18-14-19-25-42)32-53(77)90-64(7,8)9)63(83)86-48-34-68(84)59(88-62(82)43-26-20-15-21-27-43)57-66(12,58(79)55(78)54(39(48)5)65(68,10)11)49(74)33-50-67(57,36-85-50)89-40(6)72/h13-27,37,44-46,48-50,55-57,59,74,78,84H,3,28-36H2,1-2,4-12H3,(H,69,80)(H,70,75)(H,71,81)/t44-,45?,46?,48?,49-,50?,55+,56+,57-,59-,66+,67-,68+/m0/s1. The second-order valence-corrected chi connectivity index (χ2v) is 26.2. The molecule has 4 aliphatic rings. The van der Waals surface area contributed by atoms with Crippen molar-refractivity contribution in [2.75, 3.05) is 13.2 Å². The number of ether oxygens (including phenoxy) is 6. The van der Waals surface area contributed by atoms with Crippen LogP contribution in [0.25, 0.3) is 0 Å². The number of aliphatic hydroxyl groups excluding tert-OH is 2. The van der Waals surface area contributed by atoms with Crippen molar-refractivity contribution in [3.8, 4) is 0 Å². The van der Waals surface area contributed by atoms with Gasteiger partial charge in [-0.1, -0.05) is 113 Å². The normalized spacial score (nSPS) is 26.3. The molecule has 13 atom stereocenters. The summed E-state index contributed by atoms with van der Waals surface area (Å²) in [4.78, 5) is 141. The molecule has 3 aliphatic carbocycles. The number of amides is 3.